The van der Waals surface area contributed by atoms with Gasteiger partial charge < -0.3 is 15.0 Å². The maximum Gasteiger partial charge on any atom is 0.229 e. The molecule has 7 heteroatoms. The fourth-order valence-electron chi connectivity index (χ4n) is 3.28. The van der Waals surface area contributed by atoms with Crippen LogP contribution >= 0.6 is 0 Å². The van der Waals surface area contributed by atoms with Gasteiger partial charge in [0.05, 0.1) is 36.1 Å². The number of aromatic nitrogens is 2. The van der Waals surface area contributed by atoms with Crippen molar-refractivity contribution in [1.29, 1.82) is 0 Å². The Morgan fingerprint density at radius 3 is 2.96 bits per heavy atom. The number of carbonyl (C=O) groups excluding carboxylic acids is 2. The van der Waals surface area contributed by atoms with Gasteiger partial charge in [0.2, 0.25) is 11.8 Å². The average Bonchev–Trinajstić information content (AvgIpc) is 3.29. The zero-order chi connectivity index (χ0) is 18.1. The minimum absolute atomic E-state index is 0.0885. The van der Waals surface area contributed by atoms with E-state index >= 15 is 0 Å². The lowest BCUT2D eigenvalue weighted by molar-refractivity contribution is -0.122. The maximum absolute atomic E-state index is 12.7. The lowest BCUT2D eigenvalue weighted by Gasteiger charge is -2.19. The van der Waals surface area contributed by atoms with Gasteiger partial charge in [-0.05, 0) is 18.2 Å². The third kappa shape index (κ3) is 2.77. The van der Waals surface area contributed by atoms with Crippen LogP contribution in [-0.2, 0) is 9.59 Å². The largest absolute Gasteiger partial charge is 0.495 e. The van der Waals surface area contributed by atoms with E-state index in [1.54, 1.807) is 24.3 Å². The Balaban J connectivity index is 1.53. The van der Waals surface area contributed by atoms with Crippen LogP contribution in [0.5, 0.6) is 5.75 Å². The summed E-state index contributed by atoms with van der Waals surface area (Å²) < 4.78 is 5.33. The maximum atomic E-state index is 12.7. The van der Waals surface area contributed by atoms with Crippen LogP contribution in [0.2, 0.25) is 0 Å². The molecule has 1 fully saturated rings. The molecule has 0 aliphatic carbocycles. The van der Waals surface area contributed by atoms with Gasteiger partial charge >= 0.3 is 0 Å². The third-order valence-corrected chi connectivity index (χ3v) is 4.61. The number of benzene rings is 2. The second-order valence-electron chi connectivity index (χ2n) is 6.21. The lowest BCUT2D eigenvalue weighted by atomic mass is 10.1. The molecule has 26 heavy (non-hydrogen) atoms. The molecule has 132 valence electrons. The van der Waals surface area contributed by atoms with Gasteiger partial charge in [0.15, 0.2) is 0 Å². The number of rotatable bonds is 4. The van der Waals surface area contributed by atoms with Crippen molar-refractivity contribution in [2.24, 2.45) is 5.92 Å². The Labute approximate surface area is 149 Å². The quantitative estimate of drug-likeness (QED) is 0.757. The molecule has 1 aliphatic heterocycles. The summed E-state index contributed by atoms with van der Waals surface area (Å²) >= 11 is 0. The number of fused-ring (bicyclic) bond motifs is 1. The summed E-state index contributed by atoms with van der Waals surface area (Å²) in [6.45, 7) is 0.323. The van der Waals surface area contributed by atoms with Crippen molar-refractivity contribution in [2.75, 3.05) is 23.9 Å². The molecule has 2 aromatic carbocycles. The molecule has 2 amide bonds. The van der Waals surface area contributed by atoms with E-state index in [4.69, 9.17) is 4.74 Å². The summed E-state index contributed by atoms with van der Waals surface area (Å²) in [5.74, 6) is -0.0815. The molecule has 7 nitrogen and oxygen atoms in total. The number of methoxy groups -OCH3 is 1. The molecule has 0 unspecified atom stereocenters. The van der Waals surface area contributed by atoms with Crippen LogP contribution in [0, 0.1) is 5.92 Å². The molecule has 1 aliphatic rings. The van der Waals surface area contributed by atoms with E-state index < -0.39 is 5.92 Å². The van der Waals surface area contributed by atoms with Crippen LogP contribution in [0.25, 0.3) is 10.9 Å². The van der Waals surface area contributed by atoms with Gasteiger partial charge in [-0.2, -0.15) is 5.10 Å². The zero-order valence-electron chi connectivity index (χ0n) is 14.2. The Kier molecular flexibility index (Phi) is 4.04. The van der Waals surface area contributed by atoms with Gasteiger partial charge in [-0.15, -0.1) is 0 Å². The van der Waals surface area contributed by atoms with E-state index in [9.17, 15) is 9.59 Å². The molecule has 0 saturated carbocycles. The first-order chi connectivity index (χ1) is 12.7. The molecule has 1 aromatic heterocycles. The van der Waals surface area contributed by atoms with E-state index in [0.29, 0.717) is 23.7 Å². The molecule has 1 atom stereocenters. The van der Waals surface area contributed by atoms with Crippen molar-refractivity contribution >= 4 is 34.1 Å². The molecule has 0 spiro atoms. The number of hydrogen-bond acceptors (Lipinski definition) is 4. The fraction of sp³-hybridized carbons (Fsp3) is 0.211. The van der Waals surface area contributed by atoms with Crippen molar-refractivity contribution in [3.05, 3.63) is 48.7 Å². The number of nitrogens with zero attached hydrogens (tertiary/aromatic N) is 2. The van der Waals surface area contributed by atoms with Crippen molar-refractivity contribution in [2.45, 2.75) is 6.42 Å². The highest BCUT2D eigenvalue weighted by Crippen LogP contribution is 2.33. The van der Waals surface area contributed by atoms with E-state index in [0.717, 1.165) is 10.9 Å². The number of H-pyrrole nitrogens is 1. The summed E-state index contributed by atoms with van der Waals surface area (Å²) in [6.07, 6.45) is 1.87. The van der Waals surface area contributed by atoms with Gasteiger partial charge in [0, 0.05) is 18.4 Å². The van der Waals surface area contributed by atoms with E-state index in [1.165, 1.54) is 0 Å². The molecular formula is C19H18N4O3. The standard InChI is InChI=1S/C19H18N4O3/c1-26-16-8-3-2-7-15(16)23-11-13(9-17(23)24)19(25)21-14-6-4-5-12-10-20-22-18(12)14/h2-8,10,13H,9,11H2,1H3,(H,20,22)(H,21,25)/t13-/m1/s1. The van der Waals surface area contributed by atoms with Crippen molar-refractivity contribution in [3.8, 4) is 5.75 Å². The van der Waals surface area contributed by atoms with Crippen LogP contribution in [0.15, 0.2) is 48.7 Å². The average molecular weight is 350 g/mol. The van der Waals surface area contributed by atoms with Crippen LogP contribution < -0.4 is 15.0 Å². The second kappa shape index (κ2) is 6.51. The second-order valence-corrected chi connectivity index (χ2v) is 6.21. The SMILES string of the molecule is COc1ccccc1N1C[C@H](C(=O)Nc2cccc3cn[nH]c23)CC1=O. The topological polar surface area (TPSA) is 87.3 Å². The number of carbonyl (C=O) groups is 2. The Hall–Kier alpha value is -3.35. The van der Waals surface area contributed by atoms with Gasteiger partial charge in [0.1, 0.15) is 5.75 Å². The van der Waals surface area contributed by atoms with Crippen LogP contribution in [0.3, 0.4) is 0 Å². The number of nitrogens with one attached hydrogen (secondary N) is 2. The summed E-state index contributed by atoms with van der Waals surface area (Å²) in [5, 5.41) is 10.7. The smallest absolute Gasteiger partial charge is 0.229 e. The Morgan fingerprint density at radius 1 is 1.27 bits per heavy atom. The molecule has 3 aromatic rings. The Bertz CT molecular complexity index is 982. The number of ether oxygens (including phenoxy) is 1. The number of para-hydroxylation sites is 3. The third-order valence-electron chi connectivity index (χ3n) is 4.61. The monoisotopic (exact) mass is 350 g/mol. The first kappa shape index (κ1) is 16.1. The molecule has 2 N–H and O–H groups in total. The van der Waals surface area contributed by atoms with E-state index in [-0.39, 0.29) is 18.2 Å². The van der Waals surface area contributed by atoms with Crippen molar-refractivity contribution in [1.82, 2.24) is 10.2 Å². The van der Waals surface area contributed by atoms with Gasteiger partial charge in [-0.3, -0.25) is 14.7 Å². The molecule has 0 radical (unpaired) electrons. The van der Waals surface area contributed by atoms with Crippen LogP contribution in [0.1, 0.15) is 6.42 Å². The van der Waals surface area contributed by atoms with Crippen LogP contribution in [0.4, 0.5) is 11.4 Å². The highest BCUT2D eigenvalue weighted by molar-refractivity contribution is 6.06. The molecule has 4 rings (SSSR count). The highest BCUT2D eigenvalue weighted by Gasteiger charge is 2.36. The predicted octanol–water partition coefficient (Wildman–Crippen LogP) is 2.56. The number of amides is 2. The minimum Gasteiger partial charge on any atom is -0.495 e. The molecule has 1 saturated heterocycles. The fourth-order valence-corrected chi connectivity index (χ4v) is 3.28. The zero-order valence-corrected chi connectivity index (χ0v) is 14.2. The predicted molar refractivity (Wildman–Crippen MR) is 98.2 cm³/mol. The molecule has 0 bridgehead atoms. The minimum atomic E-state index is -0.425. The van der Waals surface area contributed by atoms with E-state index in [1.807, 2.05) is 36.4 Å². The Morgan fingerprint density at radius 2 is 2.12 bits per heavy atom. The number of hydrogen-bond donors (Lipinski definition) is 2. The molecule has 2 heterocycles. The van der Waals surface area contributed by atoms with Crippen molar-refractivity contribution in [3.63, 3.8) is 0 Å². The first-order valence-corrected chi connectivity index (χ1v) is 8.33. The highest BCUT2D eigenvalue weighted by atomic mass is 16.5. The van der Waals surface area contributed by atoms with Crippen molar-refractivity contribution < 1.29 is 14.3 Å². The summed E-state index contributed by atoms with van der Waals surface area (Å²) in [5.41, 5.74) is 2.12. The summed E-state index contributed by atoms with van der Waals surface area (Å²) in [4.78, 5) is 26.8. The summed E-state index contributed by atoms with van der Waals surface area (Å²) in [7, 11) is 1.56. The van der Waals surface area contributed by atoms with E-state index in [2.05, 4.69) is 15.5 Å². The normalized spacial score (nSPS) is 16.9. The lowest BCUT2D eigenvalue weighted by Crippen LogP contribution is -2.28. The van der Waals surface area contributed by atoms with Gasteiger partial charge in [-0.25, -0.2) is 0 Å². The number of aromatic amines is 1. The number of anilines is 2. The van der Waals surface area contributed by atoms with Gasteiger partial charge in [-0.1, -0.05) is 24.3 Å². The van der Waals surface area contributed by atoms with Gasteiger partial charge in [0.25, 0.3) is 0 Å². The first-order valence-electron chi connectivity index (χ1n) is 8.33. The van der Waals surface area contributed by atoms with Crippen LogP contribution in [-0.4, -0.2) is 35.7 Å². The molecular weight excluding hydrogens is 332 g/mol. The summed E-state index contributed by atoms with van der Waals surface area (Å²) in [6, 6.07) is 12.9.